The third kappa shape index (κ3) is 2.48. The van der Waals surface area contributed by atoms with E-state index < -0.39 is 27.6 Å². The molecule has 0 bridgehead atoms. The van der Waals surface area contributed by atoms with Gasteiger partial charge in [-0.15, -0.1) is 0 Å². The third-order valence-electron chi connectivity index (χ3n) is 2.83. The highest BCUT2D eigenvalue weighted by molar-refractivity contribution is 7.94. The van der Waals surface area contributed by atoms with E-state index in [-0.39, 0.29) is 16.1 Å². The monoisotopic (exact) mass is 309 g/mol. The van der Waals surface area contributed by atoms with Gasteiger partial charge in [0.15, 0.2) is 21.6 Å². The Labute approximate surface area is 119 Å². The van der Waals surface area contributed by atoms with Crippen molar-refractivity contribution in [3.05, 3.63) is 47.9 Å². The quantitative estimate of drug-likeness (QED) is 0.788. The minimum atomic E-state index is -3.79. The number of hydrogen-bond donors (Lipinski definition) is 3. The van der Waals surface area contributed by atoms with Gasteiger partial charge < -0.3 is 15.3 Å². The Morgan fingerprint density at radius 1 is 1.14 bits per heavy atom. The maximum Gasteiger partial charge on any atom is 0.337 e. The van der Waals surface area contributed by atoms with E-state index in [1.807, 2.05) is 0 Å². The van der Waals surface area contributed by atoms with Gasteiger partial charge in [-0.3, -0.25) is 4.57 Å². The molecule has 7 nitrogen and oxygen atoms in total. The molecular weight excluding hydrogens is 298 g/mol. The van der Waals surface area contributed by atoms with Crippen LogP contribution in [0, 0.1) is 0 Å². The molecule has 0 aliphatic rings. The van der Waals surface area contributed by atoms with Crippen LogP contribution in [0.1, 0.15) is 10.4 Å². The van der Waals surface area contributed by atoms with Gasteiger partial charge >= 0.3 is 5.97 Å². The summed E-state index contributed by atoms with van der Waals surface area (Å²) in [6.45, 7) is 3.18. The van der Waals surface area contributed by atoms with Crippen molar-refractivity contribution >= 4 is 15.8 Å². The molecule has 1 heterocycles. The van der Waals surface area contributed by atoms with Crippen molar-refractivity contribution in [3.8, 4) is 17.4 Å². The van der Waals surface area contributed by atoms with Crippen molar-refractivity contribution < 1.29 is 28.5 Å². The highest BCUT2D eigenvalue weighted by Gasteiger charge is 2.20. The fourth-order valence-electron chi connectivity index (χ4n) is 1.81. The number of aromatic hydroxyl groups is 2. The first kappa shape index (κ1) is 14.7. The van der Waals surface area contributed by atoms with Gasteiger partial charge in [-0.25, -0.2) is 13.2 Å². The molecule has 0 saturated heterocycles. The Kier molecular flexibility index (Phi) is 3.48. The Morgan fingerprint density at radius 3 is 2.19 bits per heavy atom. The molecule has 0 aliphatic carbocycles. The fraction of sp³-hybridized carbons (Fsp3) is 0. The summed E-state index contributed by atoms with van der Waals surface area (Å²) in [7, 11) is -3.79. The minimum absolute atomic E-state index is 0.176. The van der Waals surface area contributed by atoms with Crippen molar-refractivity contribution in [2.24, 2.45) is 0 Å². The molecule has 2 rings (SSSR count). The molecule has 110 valence electrons. The average Bonchev–Trinajstić information content (AvgIpc) is 2.77. The molecule has 0 saturated carbocycles. The smallest absolute Gasteiger partial charge is 0.337 e. The van der Waals surface area contributed by atoms with E-state index in [2.05, 4.69) is 6.58 Å². The summed E-state index contributed by atoms with van der Waals surface area (Å²) in [6, 6.07) is 5.53. The molecule has 8 heteroatoms. The first-order valence-electron chi connectivity index (χ1n) is 5.63. The molecule has 2 aromatic rings. The molecule has 0 aliphatic heterocycles. The summed E-state index contributed by atoms with van der Waals surface area (Å²) in [6.07, 6.45) is 0. The highest BCUT2D eigenvalue weighted by Crippen LogP contribution is 2.30. The number of hydrogen-bond acceptors (Lipinski definition) is 5. The lowest BCUT2D eigenvalue weighted by Gasteiger charge is -2.11. The lowest BCUT2D eigenvalue weighted by Crippen LogP contribution is -2.07. The van der Waals surface area contributed by atoms with Gasteiger partial charge in [0.2, 0.25) is 0 Å². The van der Waals surface area contributed by atoms with Crippen LogP contribution >= 0.6 is 0 Å². The van der Waals surface area contributed by atoms with Crippen LogP contribution in [-0.4, -0.2) is 34.3 Å². The van der Waals surface area contributed by atoms with E-state index in [4.69, 9.17) is 5.11 Å². The lowest BCUT2D eigenvalue weighted by atomic mass is 10.2. The second kappa shape index (κ2) is 4.98. The topological polar surface area (TPSA) is 117 Å². The van der Waals surface area contributed by atoms with Crippen LogP contribution < -0.4 is 0 Å². The van der Waals surface area contributed by atoms with Crippen LogP contribution in [-0.2, 0) is 9.84 Å². The van der Waals surface area contributed by atoms with Gasteiger partial charge in [-0.1, -0.05) is 6.58 Å². The van der Waals surface area contributed by atoms with E-state index in [9.17, 15) is 23.4 Å². The van der Waals surface area contributed by atoms with Crippen LogP contribution in [0.3, 0.4) is 0 Å². The molecule has 0 fully saturated rings. The van der Waals surface area contributed by atoms with Crippen molar-refractivity contribution in [2.45, 2.75) is 4.90 Å². The van der Waals surface area contributed by atoms with E-state index >= 15 is 0 Å². The summed E-state index contributed by atoms with van der Waals surface area (Å²) < 4.78 is 24.4. The zero-order valence-corrected chi connectivity index (χ0v) is 11.4. The van der Waals surface area contributed by atoms with Crippen LogP contribution in [0.4, 0.5) is 0 Å². The van der Waals surface area contributed by atoms with E-state index in [0.29, 0.717) is 0 Å². The maximum absolute atomic E-state index is 11.8. The maximum atomic E-state index is 11.8. The summed E-state index contributed by atoms with van der Waals surface area (Å²) >= 11 is 0. The highest BCUT2D eigenvalue weighted by atomic mass is 32.2. The number of carbonyl (C=O) groups is 1. The summed E-state index contributed by atoms with van der Waals surface area (Å²) in [4.78, 5) is 11.0. The zero-order chi connectivity index (χ0) is 15.8. The van der Waals surface area contributed by atoms with Crippen LogP contribution in [0.15, 0.2) is 47.2 Å². The van der Waals surface area contributed by atoms with Gasteiger partial charge in [-0.05, 0) is 18.2 Å². The summed E-state index contributed by atoms with van der Waals surface area (Å²) in [5, 5.41) is 29.2. The molecule has 1 aromatic carbocycles. The first-order valence-corrected chi connectivity index (χ1v) is 7.17. The van der Waals surface area contributed by atoms with Gasteiger partial charge in [0, 0.05) is 17.5 Å². The Balaban J connectivity index is 2.82. The van der Waals surface area contributed by atoms with Crippen LogP contribution in [0.5, 0.6) is 11.8 Å². The van der Waals surface area contributed by atoms with E-state index in [0.717, 1.165) is 40.3 Å². The van der Waals surface area contributed by atoms with Gasteiger partial charge in [0.25, 0.3) is 0 Å². The average molecular weight is 309 g/mol. The molecule has 0 spiro atoms. The Morgan fingerprint density at radius 2 is 1.71 bits per heavy atom. The number of sulfone groups is 1. The summed E-state index contributed by atoms with van der Waals surface area (Å²) in [5.74, 6) is -2.19. The molecule has 0 atom stereocenters. The standard InChI is InChI=1S/C13H11NO6S/c1-2-21(19,20)8-3-4-9(13(17)18)10(7-8)14-11(15)5-6-12(14)16/h2-7,15-16H,1H2,(H,17,18). The van der Waals surface area contributed by atoms with Crippen LogP contribution in [0.2, 0.25) is 0 Å². The largest absolute Gasteiger partial charge is 0.494 e. The Bertz CT molecular complexity index is 815. The Hall–Kier alpha value is -2.74. The number of carboxylic acid groups (broad SMARTS) is 1. The number of aromatic nitrogens is 1. The number of aromatic carboxylic acids is 1. The second-order valence-electron chi connectivity index (χ2n) is 4.08. The number of benzene rings is 1. The fourth-order valence-corrected chi connectivity index (χ4v) is 2.54. The molecule has 3 N–H and O–H groups in total. The zero-order valence-electron chi connectivity index (χ0n) is 10.6. The number of rotatable bonds is 4. The minimum Gasteiger partial charge on any atom is -0.494 e. The molecule has 0 radical (unpaired) electrons. The third-order valence-corrected chi connectivity index (χ3v) is 4.18. The molecule has 1 aromatic heterocycles. The van der Waals surface area contributed by atoms with Crippen molar-refractivity contribution in [3.63, 3.8) is 0 Å². The molecule has 0 unspecified atom stereocenters. The van der Waals surface area contributed by atoms with Gasteiger partial charge in [-0.2, -0.15) is 0 Å². The molecular formula is C13H11NO6S. The normalized spacial score (nSPS) is 11.2. The number of carboxylic acids is 1. The second-order valence-corrected chi connectivity index (χ2v) is 5.98. The van der Waals surface area contributed by atoms with Crippen LogP contribution in [0.25, 0.3) is 5.69 Å². The lowest BCUT2D eigenvalue weighted by molar-refractivity contribution is 0.0697. The SMILES string of the molecule is C=CS(=O)(=O)c1ccc(C(=O)O)c(-n2c(O)ccc2O)c1. The molecule has 21 heavy (non-hydrogen) atoms. The van der Waals surface area contributed by atoms with E-state index in [1.54, 1.807) is 0 Å². The van der Waals surface area contributed by atoms with Crippen molar-refractivity contribution in [1.29, 1.82) is 0 Å². The van der Waals surface area contributed by atoms with Crippen molar-refractivity contribution in [1.82, 2.24) is 4.57 Å². The number of nitrogens with zero attached hydrogens (tertiary/aromatic N) is 1. The predicted octanol–water partition coefficient (Wildman–Crippen LogP) is 1.50. The molecule has 0 amide bonds. The first-order chi connectivity index (χ1) is 9.77. The van der Waals surface area contributed by atoms with Gasteiger partial charge in [0.05, 0.1) is 16.1 Å². The summed E-state index contributed by atoms with van der Waals surface area (Å²) in [5.41, 5.74) is -0.453. The van der Waals surface area contributed by atoms with Gasteiger partial charge in [0.1, 0.15) is 0 Å². The van der Waals surface area contributed by atoms with Crippen molar-refractivity contribution in [2.75, 3.05) is 0 Å². The van der Waals surface area contributed by atoms with E-state index in [1.165, 1.54) is 0 Å². The predicted molar refractivity (Wildman–Crippen MR) is 73.4 cm³/mol.